The van der Waals surface area contributed by atoms with Gasteiger partial charge in [-0.15, -0.1) is 0 Å². The van der Waals surface area contributed by atoms with Crippen molar-refractivity contribution in [3.05, 3.63) is 53.3 Å². The summed E-state index contributed by atoms with van der Waals surface area (Å²) in [6, 6.07) is 6.18. The first-order chi connectivity index (χ1) is 15.4. The van der Waals surface area contributed by atoms with Gasteiger partial charge in [-0.2, -0.15) is 18.3 Å². The molecule has 33 heavy (non-hydrogen) atoms. The topological polar surface area (TPSA) is 86.1 Å². The van der Waals surface area contributed by atoms with Gasteiger partial charge in [-0.3, -0.25) is 4.79 Å². The Bertz CT molecular complexity index is 1190. The Morgan fingerprint density at radius 1 is 1.09 bits per heavy atom. The molecule has 7 nitrogen and oxygen atoms in total. The predicted molar refractivity (Wildman–Crippen MR) is 117 cm³/mol. The third-order valence-corrected chi connectivity index (χ3v) is 5.03. The minimum absolute atomic E-state index is 0.000292. The summed E-state index contributed by atoms with van der Waals surface area (Å²) in [5.41, 5.74) is -0.0572. The Kier molecular flexibility index (Phi) is 6.76. The molecule has 2 heterocycles. The second kappa shape index (κ2) is 9.21. The summed E-state index contributed by atoms with van der Waals surface area (Å²) < 4.78 is 46.6. The van der Waals surface area contributed by atoms with E-state index in [0.717, 1.165) is 12.1 Å². The SMILES string of the molecule is CC(OC(=O)c1cc(C(C)C)nc2c1cnn2C(C)C)C(=O)Nc1ccccc1C(F)(F)F. The van der Waals surface area contributed by atoms with Crippen LogP contribution in [-0.4, -0.2) is 32.7 Å². The molecule has 1 N–H and O–H groups in total. The van der Waals surface area contributed by atoms with Crippen molar-refractivity contribution >= 4 is 28.6 Å². The Morgan fingerprint density at radius 3 is 2.36 bits per heavy atom. The van der Waals surface area contributed by atoms with Gasteiger partial charge in [0, 0.05) is 11.7 Å². The molecule has 1 unspecified atom stereocenters. The molecule has 1 atom stereocenters. The molecule has 0 aliphatic rings. The predicted octanol–water partition coefficient (Wildman–Crippen LogP) is 5.34. The number of hydrogen-bond donors (Lipinski definition) is 1. The summed E-state index contributed by atoms with van der Waals surface area (Å²) in [7, 11) is 0. The fourth-order valence-corrected chi connectivity index (χ4v) is 3.23. The van der Waals surface area contributed by atoms with Gasteiger partial charge in [-0.25, -0.2) is 14.5 Å². The van der Waals surface area contributed by atoms with Gasteiger partial charge >= 0.3 is 12.1 Å². The van der Waals surface area contributed by atoms with Crippen LogP contribution < -0.4 is 5.32 Å². The molecular weight excluding hydrogens is 437 g/mol. The first-order valence-corrected chi connectivity index (χ1v) is 10.5. The lowest BCUT2D eigenvalue weighted by molar-refractivity contribution is -0.137. The summed E-state index contributed by atoms with van der Waals surface area (Å²) in [5.74, 6) is -1.66. The number of fused-ring (bicyclic) bond motifs is 1. The van der Waals surface area contributed by atoms with Gasteiger partial charge in [-0.1, -0.05) is 26.0 Å². The number of esters is 1. The standard InChI is InChI=1S/C23H25F3N4O3/c1-12(2)19-10-15(16-11-27-30(13(3)4)20(16)28-19)22(32)33-14(5)21(31)29-18-9-7-6-8-17(18)23(24,25)26/h6-14H,1-5H3,(H,29,31). The van der Waals surface area contributed by atoms with E-state index >= 15 is 0 Å². The van der Waals surface area contributed by atoms with Crippen LogP contribution in [0.2, 0.25) is 0 Å². The number of nitrogens with one attached hydrogen (secondary N) is 1. The number of aromatic nitrogens is 3. The molecule has 3 aromatic rings. The van der Waals surface area contributed by atoms with Gasteiger partial charge in [0.05, 0.1) is 28.4 Å². The lowest BCUT2D eigenvalue weighted by Gasteiger charge is -2.17. The van der Waals surface area contributed by atoms with Crippen molar-refractivity contribution in [3.8, 4) is 0 Å². The van der Waals surface area contributed by atoms with Crippen LogP contribution in [0.25, 0.3) is 11.0 Å². The van der Waals surface area contributed by atoms with E-state index in [1.807, 2.05) is 27.7 Å². The average molecular weight is 462 g/mol. The van der Waals surface area contributed by atoms with Crippen molar-refractivity contribution in [2.24, 2.45) is 0 Å². The van der Waals surface area contributed by atoms with Crippen LogP contribution in [0.1, 0.15) is 68.2 Å². The van der Waals surface area contributed by atoms with E-state index in [1.54, 1.807) is 10.7 Å². The van der Waals surface area contributed by atoms with E-state index in [-0.39, 0.29) is 17.5 Å². The molecule has 0 saturated carbocycles. The highest BCUT2D eigenvalue weighted by Gasteiger charge is 2.34. The van der Waals surface area contributed by atoms with Crippen LogP contribution in [0.5, 0.6) is 0 Å². The van der Waals surface area contributed by atoms with E-state index in [0.29, 0.717) is 16.7 Å². The zero-order valence-electron chi connectivity index (χ0n) is 18.9. The maximum atomic E-state index is 13.2. The van der Waals surface area contributed by atoms with Crippen LogP contribution in [0.4, 0.5) is 18.9 Å². The van der Waals surface area contributed by atoms with E-state index in [2.05, 4.69) is 15.4 Å². The van der Waals surface area contributed by atoms with Gasteiger partial charge in [0.15, 0.2) is 11.8 Å². The zero-order chi connectivity index (χ0) is 24.5. The number of carbonyl (C=O) groups is 2. The van der Waals surface area contributed by atoms with Crippen molar-refractivity contribution < 1.29 is 27.5 Å². The summed E-state index contributed by atoms with van der Waals surface area (Å²) in [5, 5.41) is 6.96. The Morgan fingerprint density at radius 2 is 1.76 bits per heavy atom. The normalized spacial score (nSPS) is 12.9. The summed E-state index contributed by atoms with van der Waals surface area (Å²) >= 11 is 0. The van der Waals surface area contributed by atoms with Gasteiger partial charge < -0.3 is 10.1 Å². The maximum absolute atomic E-state index is 13.2. The molecular formula is C23H25F3N4O3. The van der Waals surface area contributed by atoms with Crippen molar-refractivity contribution in [3.63, 3.8) is 0 Å². The number of anilines is 1. The van der Waals surface area contributed by atoms with E-state index in [9.17, 15) is 22.8 Å². The van der Waals surface area contributed by atoms with Crippen LogP contribution in [0.3, 0.4) is 0 Å². The summed E-state index contributed by atoms with van der Waals surface area (Å²) in [4.78, 5) is 30.1. The summed E-state index contributed by atoms with van der Waals surface area (Å²) in [6.45, 7) is 9.00. The highest BCUT2D eigenvalue weighted by molar-refractivity contribution is 6.04. The number of benzene rings is 1. The molecule has 2 aromatic heterocycles. The van der Waals surface area contributed by atoms with Crippen LogP contribution in [-0.2, 0) is 15.7 Å². The molecule has 0 radical (unpaired) electrons. The second-order valence-electron chi connectivity index (χ2n) is 8.25. The number of ether oxygens (including phenoxy) is 1. The molecule has 0 aliphatic carbocycles. The van der Waals surface area contributed by atoms with Crippen LogP contribution in [0.15, 0.2) is 36.5 Å². The first kappa shape index (κ1) is 24.2. The highest BCUT2D eigenvalue weighted by Crippen LogP contribution is 2.34. The van der Waals surface area contributed by atoms with Crippen LogP contribution >= 0.6 is 0 Å². The smallest absolute Gasteiger partial charge is 0.418 e. The monoisotopic (exact) mass is 462 g/mol. The molecule has 0 bridgehead atoms. The highest BCUT2D eigenvalue weighted by atomic mass is 19.4. The van der Waals surface area contributed by atoms with Gasteiger partial charge in [0.1, 0.15) is 0 Å². The number of nitrogens with zero attached hydrogens (tertiary/aromatic N) is 3. The van der Waals surface area contributed by atoms with E-state index < -0.39 is 35.4 Å². The van der Waals surface area contributed by atoms with Gasteiger partial charge in [0.25, 0.3) is 5.91 Å². The number of halogens is 3. The van der Waals surface area contributed by atoms with Crippen molar-refractivity contribution in [1.29, 1.82) is 0 Å². The fraction of sp³-hybridized carbons (Fsp3) is 0.391. The van der Waals surface area contributed by atoms with Crippen molar-refractivity contribution in [1.82, 2.24) is 14.8 Å². The Balaban J connectivity index is 1.86. The molecule has 3 rings (SSSR count). The second-order valence-corrected chi connectivity index (χ2v) is 8.25. The first-order valence-electron chi connectivity index (χ1n) is 10.5. The molecule has 1 amide bonds. The number of para-hydroxylation sites is 1. The maximum Gasteiger partial charge on any atom is 0.418 e. The molecule has 176 valence electrons. The third kappa shape index (κ3) is 5.15. The molecule has 0 spiro atoms. The lowest BCUT2D eigenvalue weighted by Crippen LogP contribution is -2.31. The number of hydrogen-bond acceptors (Lipinski definition) is 5. The molecule has 0 aliphatic heterocycles. The van der Waals surface area contributed by atoms with E-state index in [4.69, 9.17) is 4.74 Å². The number of pyridine rings is 1. The molecule has 0 saturated heterocycles. The Labute approximate surface area is 188 Å². The van der Waals surface area contributed by atoms with Crippen LogP contribution in [0, 0.1) is 0 Å². The minimum atomic E-state index is -4.64. The average Bonchev–Trinajstić information content (AvgIpc) is 3.16. The lowest BCUT2D eigenvalue weighted by atomic mass is 10.1. The third-order valence-electron chi connectivity index (χ3n) is 5.03. The number of carbonyl (C=O) groups excluding carboxylic acids is 2. The van der Waals surface area contributed by atoms with Gasteiger partial charge in [0.2, 0.25) is 0 Å². The zero-order valence-corrected chi connectivity index (χ0v) is 18.9. The number of amides is 1. The number of rotatable bonds is 6. The van der Waals surface area contributed by atoms with E-state index in [1.165, 1.54) is 25.3 Å². The van der Waals surface area contributed by atoms with Gasteiger partial charge in [-0.05, 0) is 44.9 Å². The Hall–Kier alpha value is -3.43. The molecule has 0 fully saturated rings. The summed E-state index contributed by atoms with van der Waals surface area (Å²) in [6.07, 6.45) is -4.48. The largest absolute Gasteiger partial charge is 0.449 e. The molecule has 10 heteroatoms. The quantitative estimate of drug-likeness (QED) is 0.500. The fourth-order valence-electron chi connectivity index (χ4n) is 3.23. The minimum Gasteiger partial charge on any atom is -0.449 e. The van der Waals surface area contributed by atoms with Crippen molar-refractivity contribution in [2.45, 2.75) is 58.9 Å². The van der Waals surface area contributed by atoms with Crippen molar-refractivity contribution in [2.75, 3.05) is 5.32 Å². The number of alkyl halides is 3. The molecule has 1 aromatic carbocycles.